The lowest BCUT2D eigenvalue weighted by atomic mass is 9.86. The van der Waals surface area contributed by atoms with Crippen molar-refractivity contribution in [2.24, 2.45) is 0 Å². The van der Waals surface area contributed by atoms with E-state index in [0.29, 0.717) is 0 Å². The SMILES string of the molecule is Cc1ccc(Cc2ccc(C(C)(C)C)cc2)cc1N. The second-order valence-electron chi connectivity index (χ2n) is 6.31. The highest BCUT2D eigenvalue weighted by Gasteiger charge is 2.12. The summed E-state index contributed by atoms with van der Waals surface area (Å²) in [6.07, 6.45) is 0.939. The highest BCUT2D eigenvalue weighted by Crippen LogP contribution is 2.23. The Morgan fingerprint density at radius 3 is 2.00 bits per heavy atom. The molecule has 2 N–H and O–H groups in total. The van der Waals surface area contributed by atoms with E-state index in [1.165, 1.54) is 16.7 Å². The zero-order valence-electron chi connectivity index (χ0n) is 12.3. The molecular weight excluding hydrogens is 230 g/mol. The summed E-state index contributed by atoms with van der Waals surface area (Å²) in [4.78, 5) is 0. The van der Waals surface area contributed by atoms with Gasteiger partial charge in [-0.1, -0.05) is 57.2 Å². The van der Waals surface area contributed by atoms with Gasteiger partial charge in [-0.3, -0.25) is 0 Å². The average Bonchev–Trinajstić information content (AvgIpc) is 2.33. The largest absolute Gasteiger partial charge is 0.399 e. The topological polar surface area (TPSA) is 26.0 Å². The molecule has 0 radical (unpaired) electrons. The van der Waals surface area contributed by atoms with Gasteiger partial charge >= 0.3 is 0 Å². The molecule has 0 amide bonds. The minimum Gasteiger partial charge on any atom is -0.399 e. The van der Waals surface area contributed by atoms with Crippen molar-refractivity contribution in [3.05, 3.63) is 64.7 Å². The predicted molar refractivity (Wildman–Crippen MR) is 83.5 cm³/mol. The Hall–Kier alpha value is -1.76. The van der Waals surface area contributed by atoms with Gasteiger partial charge in [-0.25, -0.2) is 0 Å². The van der Waals surface area contributed by atoms with Crippen LogP contribution in [0.5, 0.6) is 0 Å². The normalized spacial score (nSPS) is 11.6. The van der Waals surface area contributed by atoms with Crippen LogP contribution in [0.4, 0.5) is 5.69 Å². The third-order valence-electron chi connectivity index (χ3n) is 3.57. The highest BCUT2D eigenvalue weighted by atomic mass is 14.5. The summed E-state index contributed by atoms with van der Waals surface area (Å²) in [5, 5.41) is 0. The second kappa shape index (κ2) is 5.08. The van der Waals surface area contributed by atoms with Crippen molar-refractivity contribution in [3.8, 4) is 0 Å². The monoisotopic (exact) mass is 253 g/mol. The molecule has 0 fully saturated rings. The number of benzene rings is 2. The van der Waals surface area contributed by atoms with Gasteiger partial charge in [-0.05, 0) is 47.1 Å². The molecular formula is C18H23N. The number of rotatable bonds is 2. The van der Waals surface area contributed by atoms with Crippen LogP contribution in [-0.2, 0) is 11.8 Å². The van der Waals surface area contributed by atoms with Gasteiger partial charge in [0.15, 0.2) is 0 Å². The van der Waals surface area contributed by atoms with Crippen LogP contribution in [0.2, 0.25) is 0 Å². The molecule has 2 aromatic rings. The molecule has 0 aromatic heterocycles. The van der Waals surface area contributed by atoms with E-state index in [1.807, 2.05) is 6.92 Å². The lowest BCUT2D eigenvalue weighted by Crippen LogP contribution is -2.10. The van der Waals surface area contributed by atoms with Crippen LogP contribution in [0, 0.1) is 6.92 Å². The lowest BCUT2D eigenvalue weighted by molar-refractivity contribution is 0.590. The van der Waals surface area contributed by atoms with E-state index in [1.54, 1.807) is 0 Å². The Labute approximate surface area is 116 Å². The number of anilines is 1. The first kappa shape index (κ1) is 13.7. The number of nitrogen functional groups attached to an aromatic ring is 1. The third kappa shape index (κ3) is 3.37. The standard InChI is InChI=1S/C18H23N/c1-13-5-6-15(12-17(13)19)11-14-7-9-16(10-8-14)18(2,3)4/h5-10,12H,11,19H2,1-4H3. The van der Waals surface area contributed by atoms with Gasteiger partial charge in [0, 0.05) is 5.69 Å². The molecule has 0 heterocycles. The summed E-state index contributed by atoms with van der Waals surface area (Å²) in [6.45, 7) is 8.76. The fraction of sp³-hybridized carbons (Fsp3) is 0.333. The van der Waals surface area contributed by atoms with Gasteiger partial charge in [-0.15, -0.1) is 0 Å². The molecule has 0 spiro atoms. The highest BCUT2D eigenvalue weighted by molar-refractivity contribution is 5.49. The number of hydrogen-bond donors (Lipinski definition) is 1. The molecule has 0 aliphatic rings. The van der Waals surface area contributed by atoms with Crippen molar-refractivity contribution >= 4 is 5.69 Å². The average molecular weight is 253 g/mol. The molecule has 0 atom stereocenters. The Morgan fingerprint density at radius 1 is 0.895 bits per heavy atom. The molecule has 0 unspecified atom stereocenters. The minimum atomic E-state index is 0.215. The first-order chi connectivity index (χ1) is 8.86. The van der Waals surface area contributed by atoms with Gasteiger partial charge in [0.2, 0.25) is 0 Å². The number of aryl methyl sites for hydroxylation is 1. The number of hydrogen-bond acceptors (Lipinski definition) is 1. The van der Waals surface area contributed by atoms with Crippen molar-refractivity contribution in [1.29, 1.82) is 0 Å². The summed E-state index contributed by atoms with van der Waals surface area (Å²) < 4.78 is 0. The van der Waals surface area contributed by atoms with Crippen molar-refractivity contribution in [3.63, 3.8) is 0 Å². The third-order valence-corrected chi connectivity index (χ3v) is 3.57. The molecule has 100 valence electrons. The van der Waals surface area contributed by atoms with Crippen molar-refractivity contribution in [2.75, 3.05) is 5.73 Å². The van der Waals surface area contributed by atoms with Crippen LogP contribution in [0.3, 0.4) is 0 Å². The summed E-state index contributed by atoms with van der Waals surface area (Å²) in [6, 6.07) is 15.2. The smallest absolute Gasteiger partial charge is 0.0346 e. The Bertz CT molecular complexity index is 559. The van der Waals surface area contributed by atoms with Crippen LogP contribution < -0.4 is 5.73 Å². The maximum atomic E-state index is 5.96. The Kier molecular flexibility index (Phi) is 3.66. The molecule has 2 aromatic carbocycles. The molecule has 1 nitrogen and oxygen atoms in total. The summed E-state index contributed by atoms with van der Waals surface area (Å²) >= 11 is 0. The fourth-order valence-corrected chi connectivity index (χ4v) is 2.16. The zero-order chi connectivity index (χ0) is 14.0. The first-order valence-electron chi connectivity index (χ1n) is 6.81. The first-order valence-corrected chi connectivity index (χ1v) is 6.81. The summed E-state index contributed by atoms with van der Waals surface area (Å²) in [5.41, 5.74) is 12.2. The Balaban J connectivity index is 2.17. The molecule has 0 saturated heterocycles. The summed E-state index contributed by atoms with van der Waals surface area (Å²) in [7, 11) is 0. The van der Waals surface area contributed by atoms with Crippen LogP contribution in [0.1, 0.15) is 43.0 Å². The van der Waals surface area contributed by atoms with E-state index < -0.39 is 0 Å². The predicted octanol–water partition coefficient (Wildman–Crippen LogP) is 4.47. The molecule has 19 heavy (non-hydrogen) atoms. The molecule has 0 aliphatic heterocycles. The lowest BCUT2D eigenvalue weighted by Gasteiger charge is -2.19. The van der Waals surface area contributed by atoms with Crippen LogP contribution in [-0.4, -0.2) is 0 Å². The van der Waals surface area contributed by atoms with Crippen molar-refractivity contribution in [2.45, 2.75) is 39.5 Å². The molecule has 0 saturated carbocycles. The van der Waals surface area contributed by atoms with E-state index in [9.17, 15) is 0 Å². The summed E-state index contributed by atoms with van der Waals surface area (Å²) in [5.74, 6) is 0. The molecule has 0 aliphatic carbocycles. The fourth-order valence-electron chi connectivity index (χ4n) is 2.16. The van der Waals surface area contributed by atoms with Crippen LogP contribution in [0.25, 0.3) is 0 Å². The van der Waals surface area contributed by atoms with Gasteiger partial charge in [0.25, 0.3) is 0 Å². The van der Waals surface area contributed by atoms with Crippen LogP contribution >= 0.6 is 0 Å². The van der Waals surface area contributed by atoms with Crippen molar-refractivity contribution in [1.82, 2.24) is 0 Å². The van der Waals surface area contributed by atoms with Gasteiger partial charge in [0.1, 0.15) is 0 Å². The maximum absolute atomic E-state index is 5.96. The van der Waals surface area contributed by atoms with Gasteiger partial charge < -0.3 is 5.73 Å². The van der Waals surface area contributed by atoms with Crippen molar-refractivity contribution < 1.29 is 0 Å². The van der Waals surface area contributed by atoms with E-state index in [4.69, 9.17) is 5.73 Å². The van der Waals surface area contributed by atoms with E-state index in [0.717, 1.165) is 17.7 Å². The number of nitrogens with two attached hydrogens (primary N) is 1. The van der Waals surface area contributed by atoms with Crippen LogP contribution in [0.15, 0.2) is 42.5 Å². The van der Waals surface area contributed by atoms with E-state index >= 15 is 0 Å². The maximum Gasteiger partial charge on any atom is 0.0346 e. The minimum absolute atomic E-state index is 0.215. The van der Waals surface area contributed by atoms with E-state index in [2.05, 4.69) is 63.2 Å². The quantitative estimate of drug-likeness (QED) is 0.785. The molecule has 2 rings (SSSR count). The van der Waals surface area contributed by atoms with Gasteiger partial charge in [0.05, 0.1) is 0 Å². The molecule has 0 bridgehead atoms. The van der Waals surface area contributed by atoms with Gasteiger partial charge in [-0.2, -0.15) is 0 Å². The molecule has 1 heteroatoms. The second-order valence-corrected chi connectivity index (χ2v) is 6.31. The Morgan fingerprint density at radius 2 is 1.47 bits per heavy atom. The zero-order valence-corrected chi connectivity index (χ0v) is 12.3. The van der Waals surface area contributed by atoms with E-state index in [-0.39, 0.29) is 5.41 Å².